The number of aromatic amines is 1. The van der Waals surface area contributed by atoms with Gasteiger partial charge < -0.3 is 4.90 Å². The minimum Gasteiger partial charge on any atom is -0.342 e. The van der Waals surface area contributed by atoms with Crippen LogP contribution in [0.15, 0.2) is 16.2 Å². The van der Waals surface area contributed by atoms with E-state index in [1.165, 1.54) is 23.3 Å². The molecule has 2 aliphatic heterocycles. The number of aromatic nitrogens is 2. The summed E-state index contributed by atoms with van der Waals surface area (Å²) in [5.74, 6) is 1.44. The van der Waals surface area contributed by atoms with Gasteiger partial charge in [0, 0.05) is 44.0 Å². The quantitative estimate of drug-likeness (QED) is 0.917. The SMILES string of the molecule is Cc1ccsc1CN1CCc2nc(N3CCCC(C)C3)[nH]c(=O)c2C1. The van der Waals surface area contributed by atoms with E-state index in [1.807, 2.05) is 0 Å². The zero-order valence-corrected chi connectivity index (χ0v) is 15.9. The van der Waals surface area contributed by atoms with Crippen molar-refractivity contribution in [1.29, 1.82) is 0 Å². The smallest absolute Gasteiger partial charge is 0.257 e. The Morgan fingerprint density at radius 2 is 2.28 bits per heavy atom. The minimum atomic E-state index is 0.0471. The Labute approximate surface area is 152 Å². The molecule has 0 amide bonds. The van der Waals surface area contributed by atoms with Crippen LogP contribution in [-0.2, 0) is 19.5 Å². The number of fused-ring (bicyclic) bond motifs is 1. The number of piperidine rings is 1. The van der Waals surface area contributed by atoms with Crippen LogP contribution >= 0.6 is 11.3 Å². The molecule has 2 aromatic rings. The molecule has 0 aliphatic carbocycles. The Morgan fingerprint density at radius 3 is 3.04 bits per heavy atom. The molecule has 1 N–H and O–H groups in total. The van der Waals surface area contributed by atoms with E-state index in [4.69, 9.17) is 4.98 Å². The van der Waals surface area contributed by atoms with Crippen molar-refractivity contribution in [3.63, 3.8) is 0 Å². The van der Waals surface area contributed by atoms with Crippen molar-refractivity contribution in [1.82, 2.24) is 14.9 Å². The maximum Gasteiger partial charge on any atom is 0.257 e. The molecule has 2 aromatic heterocycles. The monoisotopic (exact) mass is 358 g/mol. The van der Waals surface area contributed by atoms with Crippen LogP contribution in [-0.4, -0.2) is 34.5 Å². The third-order valence-electron chi connectivity index (χ3n) is 5.43. The summed E-state index contributed by atoms with van der Waals surface area (Å²) in [6.45, 7) is 9.01. The summed E-state index contributed by atoms with van der Waals surface area (Å²) in [7, 11) is 0. The number of hydrogen-bond acceptors (Lipinski definition) is 5. The highest BCUT2D eigenvalue weighted by molar-refractivity contribution is 7.10. The Balaban J connectivity index is 1.53. The van der Waals surface area contributed by atoms with Crippen molar-refractivity contribution in [3.8, 4) is 0 Å². The summed E-state index contributed by atoms with van der Waals surface area (Å²) in [5.41, 5.74) is 3.24. The maximum atomic E-state index is 12.7. The van der Waals surface area contributed by atoms with Crippen LogP contribution in [0.3, 0.4) is 0 Å². The molecule has 0 saturated carbocycles. The van der Waals surface area contributed by atoms with Crippen molar-refractivity contribution in [2.75, 3.05) is 24.5 Å². The van der Waals surface area contributed by atoms with Crippen LogP contribution in [0, 0.1) is 12.8 Å². The van der Waals surface area contributed by atoms with Gasteiger partial charge in [0.1, 0.15) is 0 Å². The first-order valence-electron chi connectivity index (χ1n) is 9.22. The van der Waals surface area contributed by atoms with Gasteiger partial charge in [-0.2, -0.15) is 0 Å². The molecular formula is C19H26N4OS. The highest BCUT2D eigenvalue weighted by Gasteiger charge is 2.24. The molecule has 1 unspecified atom stereocenters. The molecular weight excluding hydrogens is 332 g/mol. The summed E-state index contributed by atoms with van der Waals surface area (Å²) < 4.78 is 0. The van der Waals surface area contributed by atoms with Gasteiger partial charge >= 0.3 is 0 Å². The van der Waals surface area contributed by atoms with Crippen molar-refractivity contribution in [3.05, 3.63) is 43.5 Å². The molecule has 134 valence electrons. The Kier molecular flexibility index (Phi) is 4.65. The fourth-order valence-electron chi connectivity index (χ4n) is 3.90. The predicted molar refractivity (Wildman–Crippen MR) is 102 cm³/mol. The summed E-state index contributed by atoms with van der Waals surface area (Å²) in [4.78, 5) is 26.6. The number of aryl methyl sites for hydroxylation is 1. The van der Waals surface area contributed by atoms with Crippen LogP contribution in [0.4, 0.5) is 5.95 Å². The standard InChI is InChI=1S/C19H26N4OS/c1-13-4-3-7-23(10-13)19-20-16-5-8-22(11-15(16)18(24)21-19)12-17-14(2)6-9-25-17/h6,9,13H,3-5,7-8,10-12H2,1-2H3,(H,20,21,24). The molecule has 1 saturated heterocycles. The highest BCUT2D eigenvalue weighted by Crippen LogP contribution is 2.24. The van der Waals surface area contributed by atoms with Gasteiger partial charge in [0.25, 0.3) is 5.56 Å². The Hall–Kier alpha value is -1.66. The van der Waals surface area contributed by atoms with Crippen LogP contribution in [0.5, 0.6) is 0 Å². The molecule has 0 radical (unpaired) electrons. The van der Waals surface area contributed by atoms with E-state index in [2.05, 4.69) is 40.1 Å². The minimum absolute atomic E-state index is 0.0471. The molecule has 1 fully saturated rings. The second-order valence-corrected chi connectivity index (χ2v) is 8.50. The van der Waals surface area contributed by atoms with Crippen molar-refractivity contribution >= 4 is 17.3 Å². The average molecular weight is 359 g/mol. The largest absolute Gasteiger partial charge is 0.342 e. The summed E-state index contributed by atoms with van der Waals surface area (Å²) in [6.07, 6.45) is 3.30. The molecule has 2 aliphatic rings. The van der Waals surface area contributed by atoms with E-state index in [-0.39, 0.29) is 5.56 Å². The number of thiophene rings is 1. The van der Waals surface area contributed by atoms with Crippen LogP contribution in [0.25, 0.3) is 0 Å². The number of anilines is 1. The van der Waals surface area contributed by atoms with Gasteiger partial charge in [0.15, 0.2) is 0 Å². The van der Waals surface area contributed by atoms with Gasteiger partial charge in [-0.25, -0.2) is 4.98 Å². The van der Waals surface area contributed by atoms with E-state index < -0.39 is 0 Å². The van der Waals surface area contributed by atoms with E-state index in [1.54, 1.807) is 11.3 Å². The van der Waals surface area contributed by atoms with Crippen LogP contribution < -0.4 is 10.5 Å². The van der Waals surface area contributed by atoms with E-state index in [0.29, 0.717) is 12.5 Å². The fourth-order valence-corrected chi connectivity index (χ4v) is 4.85. The first-order valence-corrected chi connectivity index (χ1v) is 10.1. The maximum absolute atomic E-state index is 12.7. The molecule has 6 heteroatoms. The van der Waals surface area contributed by atoms with E-state index in [9.17, 15) is 4.79 Å². The summed E-state index contributed by atoms with van der Waals surface area (Å²) in [5, 5.41) is 2.14. The van der Waals surface area contributed by atoms with Crippen LogP contribution in [0.1, 0.15) is 41.5 Å². The lowest BCUT2D eigenvalue weighted by molar-refractivity contribution is 0.243. The fraction of sp³-hybridized carbons (Fsp3) is 0.579. The number of nitrogens with one attached hydrogen (secondary N) is 1. The van der Waals surface area contributed by atoms with Gasteiger partial charge in [0.2, 0.25) is 5.95 Å². The van der Waals surface area contributed by atoms with Gasteiger partial charge in [0.05, 0.1) is 11.3 Å². The lowest BCUT2D eigenvalue weighted by Gasteiger charge is -2.33. The van der Waals surface area contributed by atoms with Gasteiger partial charge in [-0.15, -0.1) is 11.3 Å². The summed E-state index contributed by atoms with van der Waals surface area (Å²) in [6, 6.07) is 2.16. The number of rotatable bonds is 3. The van der Waals surface area contributed by atoms with Crippen molar-refractivity contribution in [2.24, 2.45) is 5.92 Å². The van der Waals surface area contributed by atoms with Gasteiger partial charge in [-0.1, -0.05) is 6.92 Å². The molecule has 1 atom stereocenters. The molecule has 0 aromatic carbocycles. The topological polar surface area (TPSA) is 52.2 Å². The van der Waals surface area contributed by atoms with Gasteiger partial charge in [-0.3, -0.25) is 14.7 Å². The Bertz CT molecular complexity index is 812. The lowest BCUT2D eigenvalue weighted by Crippen LogP contribution is -2.39. The molecule has 0 bridgehead atoms. The zero-order valence-electron chi connectivity index (χ0n) is 15.0. The van der Waals surface area contributed by atoms with E-state index >= 15 is 0 Å². The second-order valence-electron chi connectivity index (χ2n) is 7.50. The molecule has 0 spiro atoms. The first-order chi connectivity index (χ1) is 12.1. The Morgan fingerprint density at radius 1 is 1.40 bits per heavy atom. The highest BCUT2D eigenvalue weighted by atomic mass is 32.1. The molecule has 4 rings (SSSR count). The van der Waals surface area contributed by atoms with Crippen molar-refractivity contribution < 1.29 is 0 Å². The summed E-state index contributed by atoms with van der Waals surface area (Å²) >= 11 is 1.80. The predicted octanol–water partition coefficient (Wildman–Crippen LogP) is 2.93. The average Bonchev–Trinajstić information content (AvgIpc) is 3.00. The zero-order chi connectivity index (χ0) is 17.4. The normalized spacial score (nSPS) is 21.4. The second kappa shape index (κ2) is 6.92. The number of H-pyrrole nitrogens is 1. The van der Waals surface area contributed by atoms with Crippen LogP contribution in [0.2, 0.25) is 0 Å². The first kappa shape index (κ1) is 16.8. The molecule has 5 nitrogen and oxygen atoms in total. The molecule has 25 heavy (non-hydrogen) atoms. The number of hydrogen-bond donors (Lipinski definition) is 1. The lowest BCUT2D eigenvalue weighted by atomic mass is 10.0. The van der Waals surface area contributed by atoms with Crippen molar-refractivity contribution in [2.45, 2.75) is 46.2 Å². The third-order valence-corrected chi connectivity index (χ3v) is 6.43. The van der Waals surface area contributed by atoms with Gasteiger partial charge in [-0.05, 0) is 42.7 Å². The third kappa shape index (κ3) is 3.51. The van der Waals surface area contributed by atoms with E-state index in [0.717, 1.165) is 49.8 Å². The molecule has 4 heterocycles. The number of nitrogens with zero attached hydrogens (tertiary/aromatic N) is 3.